The molecule has 0 amide bonds. The summed E-state index contributed by atoms with van der Waals surface area (Å²) < 4.78 is 5.43. The maximum absolute atomic E-state index is 5.43. The third-order valence-electron chi connectivity index (χ3n) is 4.83. The Bertz CT molecular complexity index is 856. The Morgan fingerprint density at radius 1 is 1.08 bits per heavy atom. The van der Waals surface area contributed by atoms with Crippen LogP contribution in [-0.2, 0) is 4.74 Å². The largest absolute Gasteiger partial charge is 0.379 e. The third-order valence-corrected chi connectivity index (χ3v) is 4.83. The normalized spacial score (nSPS) is 15.9. The lowest BCUT2D eigenvalue weighted by Crippen LogP contribution is -3.14. The average Bonchev–Trinajstić information content (AvgIpc) is 2.62. The van der Waals surface area contributed by atoms with Crippen molar-refractivity contribution in [3.63, 3.8) is 0 Å². The number of ether oxygens (including phenoxy) is 1. The predicted octanol–water partition coefficient (Wildman–Crippen LogP) is 2.02. The standard InChI is InChI=1S/C20H23N3O/c1-15-14-19(21-8-9-23-10-12-24-13-11-23)18-7-6-16-4-2-3-5-17(16)20(18)22-15/h2-7,14H,8-13H2,1H3,(H,21,22)/p+1. The number of benzene rings is 2. The highest BCUT2D eigenvalue weighted by Gasteiger charge is 2.13. The van der Waals surface area contributed by atoms with Gasteiger partial charge >= 0.3 is 0 Å². The molecular formula is C20H24N3O+. The summed E-state index contributed by atoms with van der Waals surface area (Å²) in [5, 5.41) is 7.31. The molecule has 1 fully saturated rings. The van der Waals surface area contributed by atoms with Crippen LogP contribution in [0, 0.1) is 6.92 Å². The van der Waals surface area contributed by atoms with E-state index in [0.29, 0.717) is 0 Å². The van der Waals surface area contributed by atoms with Crippen LogP contribution in [0.15, 0.2) is 42.5 Å². The minimum absolute atomic E-state index is 0.888. The first-order chi connectivity index (χ1) is 11.8. The Kier molecular flexibility index (Phi) is 4.32. The van der Waals surface area contributed by atoms with Gasteiger partial charge in [0.15, 0.2) is 0 Å². The second-order valence-electron chi connectivity index (χ2n) is 6.53. The summed E-state index contributed by atoms with van der Waals surface area (Å²) in [5.41, 5.74) is 3.34. The van der Waals surface area contributed by atoms with Crippen LogP contribution in [0.25, 0.3) is 21.7 Å². The number of anilines is 1. The van der Waals surface area contributed by atoms with Crippen molar-refractivity contribution in [3.8, 4) is 0 Å². The lowest BCUT2D eigenvalue weighted by molar-refractivity contribution is -0.906. The molecule has 1 aliphatic heterocycles. The first-order valence-corrected chi connectivity index (χ1v) is 8.75. The van der Waals surface area contributed by atoms with Gasteiger partial charge < -0.3 is 15.0 Å². The van der Waals surface area contributed by atoms with E-state index in [0.717, 1.165) is 50.6 Å². The van der Waals surface area contributed by atoms with Gasteiger partial charge in [0.1, 0.15) is 13.1 Å². The van der Waals surface area contributed by atoms with Crippen molar-refractivity contribution in [1.82, 2.24) is 4.98 Å². The van der Waals surface area contributed by atoms with E-state index >= 15 is 0 Å². The van der Waals surface area contributed by atoms with E-state index in [-0.39, 0.29) is 0 Å². The molecule has 0 atom stereocenters. The monoisotopic (exact) mass is 322 g/mol. The van der Waals surface area contributed by atoms with Crippen molar-refractivity contribution >= 4 is 27.4 Å². The quantitative estimate of drug-likeness (QED) is 0.722. The Labute approximate surface area is 142 Å². The van der Waals surface area contributed by atoms with Crippen LogP contribution in [0.2, 0.25) is 0 Å². The number of hydrogen-bond donors (Lipinski definition) is 2. The molecule has 1 aromatic heterocycles. The summed E-state index contributed by atoms with van der Waals surface area (Å²) >= 11 is 0. The van der Waals surface area contributed by atoms with E-state index in [4.69, 9.17) is 9.72 Å². The zero-order valence-corrected chi connectivity index (χ0v) is 14.1. The van der Waals surface area contributed by atoms with Gasteiger partial charge in [-0.1, -0.05) is 36.4 Å². The SMILES string of the molecule is Cc1cc(NCC[NH+]2CCOCC2)c2ccc3ccccc3c2n1. The number of pyridine rings is 1. The van der Waals surface area contributed by atoms with E-state index < -0.39 is 0 Å². The highest BCUT2D eigenvalue weighted by Crippen LogP contribution is 2.29. The summed E-state index contributed by atoms with van der Waals surface area (Å²) in [7, 11) is 0. The van der Waals surface area contributed by atoms with Gasteiger partial charge in [-0.15, -0.1) is 0 Å². The molecule has 0 unspecified atom stereocenters. The van der Waals surface area contributed by atoms with Gasteiger partial charge in [-0.05, 0) is 18.4 Å². The van der Waals surface area contributed by atoms with E-state index in [1.165, 1.54) is 21.8 Å². The lowest BCUT2D eigenvalue weighted by atomic mass is 10.0. The first kappa shape index (κ1) is 15.4. The van der Waals surface area contributed by atoms with Crippen LogP contribution < -0.4 is 10.2 Å². The summed E-state index contributed by atoms with van der Waals surface area (Å²) in [6.45, 7) is 8.17. The van der Waals surface area contributed by atoms with Gasteiger partial charge in [0, 0.05) is 22.2 Å². The molecule has 2 aromatic carbocycles. The molecule has 1 saturated heterocycles. The van der Waals surface area contributed by atoms with Gasteiger partial charge in [-0.3, -0.25) is 4.98 Å². The van der Waals surface area contributed by atoms with Gasteiger partial charge in [0.25, 0.3) is 0 Å². The second-order valence-corrected chi connectivity index (χ2v) is 6.53. The molecular weight excluding hydrogens is 298 g/mol. The fourth-order valence-electron chi connectivity index (χ4n) is 3.52. The molecule has 0 aliphatic carbocycles. The zero-order valence-electron chi connectivity index (χ0n) is 14.1. The molecule has 2 N–H and O–H groups in total. The molecule has 2 heterocycles. The summed E-state index contributed by atoms with van der Waals surface area (Å²) in [6, 6.07) is 15.0. The van der Waals surface area contributed by atoms with Crippen molar-refractivity contribution in [2.45, 2.75) is 6.92 Å². The summed E-state index contributed by atoms with van der Waals surface area (Å²) in [6.07, 6.45) is 0. The first-order valence-electron chi connectivity index (χ1n) is 8.75. The van der Waals surface area contributed by atoms with E-state index in [1.54, 1.807) is 4.90 Å². The van der Waals surface area contributed by atoms with Crippen LogP contribution >= 0.6 is 0 Å². The number of rotatable bonds is 4. The molecule has 0 spiro atoms. The number of aromatic nitrogens is 1. The number of quaternary nitrogens is 1. The van der Waals surface area contributed by atoms with Crippen LogP contribution in [0.1, 0.15) is 5.69 Å². The number of fused-ring (bicyclic) bond motifs is 3. The molecule has 4 heteroatoms. The molecule has 0 saturated carbocycles. The maximum Gasteiger partial charge on any atom is 0.101 e. The van der Waals surface area contributed by atoms with Crippen LogP contribution in [0.5, 0.6) is 0 Å². The van der Waals surface area contributed by atoms with Crippen molar-refractivity contribution in [2.24, 2.45) is 0 Å². The third kappa shape index (κ3) is 3.07. The number of nitrogens with zero attached hydrogens (tertiary/aromatic N) is 1. The Morgan fingerprint density at radius 3 is 2.79 bits per heavy atom. The molecule has 0 radical (unpaired) electrons. The predicted molar refractivity (Wildman–Crippen MR) is 98.9 cm³/mol. The Hall–Kier alpha value is -2.17. The van der Waals surface area contributed by atoms with Gasteiger partial charge in [0.05, 0.1) is 31.8 Å². The summed E-state index contributed by atoms with van der Waals surface area (Å²) in [5.74, 6) is 0. The lowest BCUT2D eigenvalue weighted by Gasteiger charge is -2.24. The van der Waals surface area contributed by atoms with E-state index in [2.05, 4.69) is 54.7 Å². The number of nitrogens with one attached hydrogen (secondary N) is 2. The fourth-order valence-corrected chi connectivity index (χ4v) is 3.52. The average molecular weight is 322 g/mol. The Balaban J connectivity index is 1.61. The molecule has 4 nitrogen and oxygen atoms in total. The minimum atomic E-state index is 0.888. The fraction of sp³-hybridized carbons (Fsp3) is 0.350. The van der Waals surface area contributed by atoms with Crippen LogP contribution in [0.3, 0.4) is 0 Å². The van der Waals surface area contributed by atoms with Crippen LogP contribution in [-0.4, -0.2) is 44.4 Å². The number of morpholine rings is 1. The van der Waals surface area contributed by atoms with Crippen molar-refractivity contribution in [1.29, 1.82) is 0 Å². The highest BCUT2D eigenvalue weighted by atomic mass is 16.5. The van der Waals surface area contributed by atoms with E-state index in [9.17, 15) is 0 Å². The van der Waals surface area contributed by atoms with Crippen molar-refractivity contribution in [3.05, 3.63) is 48.2 Å². The van der Waals surface area contributed by atoms with Crippen LogP contribution in [0.4, 0.5) is 5.69 Å². The molecule has 0 bridgehead atoms. The second kappa shape index (κ2) is 6.75. The highest BCUT2D eigenvalue weighted by molar-refractivity contribution is 6.09. The summed E-state index contributed by atoms with van der Waals surface area (Å²) in [4.78, 5) is 6.42. The molecule has 3 aromatic rings. The zero-order chi connectivity index (χ0) is 16.4. The molecule has 1 aliphatic rings. The van der Waals surface area contributed by atoms with Gasteiger partial charge in [-0.25, -0.2) is 0 Å². The Morgan fingerprint density at radius 2 is 1.92 bits per heavy atom. The topological polar surface area (TPSA) is 38.6 Å². The van der Waals surface area contributed by atoms with Crippen molar-refractivity contribution in [2.75, 3.05) is 44.7 Å². The van der Waals surface area contributed by atoms with Gasteiger partial charge in [0.2, 0.25) is 0 Å². The molecule has 4 rings (SSSR count). The molecule has 124 valence electrons. The minimum Gasteiger partial charge on any atom is -0.379 e. The van der Waals surface area contributed by atoms with Crippen molar-refractivity contribution < 1.29 is 9.64 Å². The van der Waals surface area contributed by atoms with Gasteiger partial charge in [-0.2, -0.15) is 0 Å². The number of aryl methyl sites for hydroxylation is 1. The molecule has 24 heavy (non-hydrogen) atoms. The number of hydrogen-bond acceptors (Lipinski definition) is 3. The maximum atomic E-state index is 5.43. The van der Waals surface area contributed by atoms with E-state index in [1.807, 2.05) is 0 Å². The smallest absolute Gasteiger partial charge is 0.101 e.